The number of rotatable bonds is 7. The highest BCUT2D eigenvalue weighted by Gasteiger charge is 2.36. The molecule has 38 heavy (non-hydrogen) atoms. The highest BCUT2D eigenvalue weighted by molar-refractivity contribution is 8.18. The molecule has 0 saturated carbocycles. The van der Waals surface area contributed by atoms with Gasteiger partial charge in [0.25, 0.3) is 11.1 Å². The number of fused-ring (bicyclic) bond motifs is 1. The highest BCUT2D eigenvalue weighted by Crippen LogP contribution is 2.34. The van der Waals surface area contributed by atoms with Crippen LogP contribution < -0.4 is 5.32 Å². The average Bonchev–Trinajstić information content (AvgIpc) is 3.57. The molecule has 3 heterocycles. The number of aromatic nitrogens is 1. The number of hydrogen-bond donors (Lipinski definition) is 1. The molecule has 1 N–H and O–H groups in total. The van der Waals surface area contributed by atoms with Gasteiger partial charge in [-0.25, -0.2) is 4.79 Å². The minimum atomic E-state index is -0.564. The summed E-state index contributed by atoms with van der Waals surface area (Å²) in [5.41, 5.74) is 2.05. The highest BCUT2D eigenvalue weighted by atomic mass is 35.5. The van der Waals surface area contributed by atoms with Crippen molar-refractivity contribution in [1.82, 2.24) is 9.47 Å². The summed E-state index contributed by atoms with van der Waals surface area (Å²) in [6, 6.07) is 17.4. The van der Waals surface area contributed by atoms with Gasteiger partial charge in [0.2, 0.25) is 11.7 Å². The van der Waals surface area contributed by atoms with Crippen molar-refractivity contribution < 1.29 is 28.3 Å². The normalized spacial score (nSPS) is 14.5. The zero-order valence-electron chi connectivity index (χ0n) is 20.0. The molecule has 1 saturated heterocycles. The second kappa shape index (κ2) is 10.6. The summed E-state index contributed by atoms with van der Waals surface area (Å²) in [5, 5.41) is 3.42. The number of amides is 3. The van der Waals surface area contributed by atoms with Crippen LogP contribution in [0.3, 0.4) is 0 Å². The number of nitrogens with one attached hydrogen (secondary N) is 1. The van der Waals surface area contributed by atoms with E-state index in [1.807, 2.05) is 35.0 Å². The molecule has 0 unspecified atom stereocenters. The number of thioether (sulfide) groups is 1. The topological polar surface area (TPSA) is 111 Å². The summed E-state index contributed by atoms with van der Waals surface area (Å²) in [7, 11) is 1.28. The zero-order valence-corrected chi connectivity index (χ0v) is 21.5. The number of halogens is 1. The number of carbonyl (C=O) groups excluding carboxylic acids is 4. The van der Waals surface area contributed by atoms with Gasteiger partial charge in [-0.3, -0.25) is 19.3 Å². The Kier molecular flexibility index (Phi) is 7.08. The number of imide groups is 1. The van der Waals surface area contributed by atoms with Crippen LogP contribution in [0.2, 0.25) is 5.02 Å². The molecule has 192 valence electrons. The molecule has 5 rings (SSSR count). The van der Waals surface area contributed by atoms with Crippen molar-refractivity contribution in [3.63, 3.8) is 0 Å². The Labute approximate surface area is 226 Å². The van der Waals surface area contributed by atoms with E-state index in [1.54, 1.807) is 42.5 Å². The third-order valence-corrected chi connectivity index (χ3v) is 6.91. The fourth-order valence-electron chi connectivity index (χ4n) is 4.05. The van der Waals surface area contributed by atoms with E-state index in [9.17, 15) is 19.2 Å². The van der Waals surface area contributed by atoms with Gasteiger partial charge in [-0.1, -0.05) is 35.9 Å². The lowest BCUT2D eigenvalue weighted by Crippen LogP contribution is -2.36. The van der Waals surface area contributed by atoms with Gasteiger partial charge in [-0.2, -0.15) is 0 Å². The number of carbonyl (C=O) groups is 4. The smallest absolute Gasteiger partial charge is 0.373 e. The van der Waals surface area contributed by atoms with Crippen molar-refractivity contribution in [3.8, 4) is 0 Å². The largest absolute Gasteiger partial charge is 0.463 e. The predicted octanol–water partition coefficient (Wildman–Crippen LogP) is 5.40. The third kappa shape index (κ3) is 5.22. The standard InChI is InChI=1S/C27H20ClN3O6S/c1-36-26(34)22-10-9-19(37-22)14-30-13-16(20-7-2-3-8-21(20)30)11-23-25(33)31(27(35)38-23)15-24(32)29-18-6-4-5-17(28)12-18/h2-13H,14-15H2,1H3,(H,29,32)/b23-11-. The van der Waals surface area contributed by atoms with Gasteiger partial charge < -0.3 is 19.0 Å². The number of benzene rings is 2. The lowest BCUT2D eigenvalue weighted by atomic mass is 10.1. The first-order chi connectivity index (χ1) is 18.3. The molecule has 2 aromatic carbocycles. The van der Waals surface area contributed by atoms with Crippen LogP contribution >= 0.6 is 23.4 Å². The maximum absolute atomic E-state index is 13.0. The monoisotopic (exact) mass is 549 g/mol. The fraction of sp³-hybridized carbons (Fsp3) is 0.111. The second-order valence-electron chi connectivity index (χ2n) is 8.31. The van der Waals surface area contributed by atoms with Gasteiger partial charge in [0.15, 0.2) is 0 Å². The molecule has 9 nitrogen and oxygen atoms in total. The number of nitrogens with zero attached hydrogens (tertiary/aromatic N) is 2. The summed E-state index contributed by atoms with van der Waals surface area (Å²) in [4.78, 5) is 50.9. The summed E-state index contributed by atoms with van der Waals surface area (Å²) in [6.07, 6.45) is 3.48. The average molecular weight is 550 g/mol. The van der Waals surface area contributed by atoms with E-state index >= 15 is 0 Å². The molecule has 3 amide bonds. The summed E-state index contributed by atoms with van der Waals surface area (Å²) >= 11 is 6.72. The van der Waals surface area contributed by atoms with Crippen LogP contribution in [0.5, 0.6) is 0 Å². The second-order valence-corrected chi connectivity index (χ2v) is 9.74. The SMILES string of the molecule is COC(=O)c1ccc(Cn2cc(/C=C3\SC(=O)N(CC(=O)Nc4cccc(Cl)c4)C3=O)c3ccccc32)o1. The fourth-order valence-corrected chi connectivity index (χ4v) is 5.07. The van der Waals surface area contributed by atoms with E-state index in [-0.39, 0.29) is 10.7 Å². The summed E-state index contributed by atoms with van der Waals surface area (Å²) in [5.74, 6) is -0.980. The molecular weight excluding hydrogens is 530 g/mol. The lowest BCUT2D eigenvalue weighted by Gasteiger charge is -2.12. The van der Waals surface area contributed by atoms with Gasteiger partial charge in [-0.15, -0.1) is 0 Å². The Morgan fingerprint density at radius 2 is 1.92 bits per heavy atom. The predicted molar refractivity (Wildman–Crippen MR) is 144 cm³/mol. The molecular formula is C27H20ClN3O6S. The van der Waals surface area contributed by atoms with Crippen LogP contribution in [0.15, 0.2) is 76.2 Å². The molecule has 2 aromatic heterocycles. The molecule has 1 aliphatic heterocycles. The molecule has 0 bridgehead atoms. The first kappa shape index (κ1) is 25.4. The van der Waals surface area contributed by atoms with E-state index in [4.69, 9.17) is 20.8 Å². The van der Waals surface area contributed by atoms with Gasteiger partial charge in [0, 0.05) is 33.4 Å². The molecule has 1 fully saturated rings. The minimum Gasteiger partial charge on any atom is -0.463 e. The van der Waals surface area contributed by atoms with Gasteiger partial charge in [0.1, 0.15) is 12.3 Å². The van der Waals surface area contributed by atoms with Crippen LogP contribution in [0, 0.1) is 0 Å². The first-order valence-corrected chi connectivity index (χ1v) is 12.6. The number of methoxy groups -OCH3 is 1. The molecule has 4 aromatic rings. The van der Waals surface area contributed by atoms with Gasteiger partial charge in [0.05, 0.1) is 18.6 Å². The zero-order chi connectivity index (χ0) is 26.8. The Bertz CT molecular complexity index is 1620. The Morgan fingerprint density at radius 1 is 1.11 bits per heavy atom. The number of ether oxygens (including phenoxy) is 1. The Morgan fingerprint density at radius 3 is 2.71 bits per heavy atom. The molecule has 11 heteroatoms. The maximum atomic E-state index is 13.0. The van der Waals surface area contributed by atoms with Gasteiger partial charge in [-0.05, 0) is 54.2 Å². The molecule has 0 atom stereocenters. The summed E-state index contributed by atoms with van der Waals surface area (Å²) in [6.45, 7) is -0.0895. The van der Waals surface area contributed by atoms with Crippen molar-refractivity contribution in [1.29, 1.82) is 0 Å². The van der Waals surface area contributed by atoms with Crippen molar-refractivity contribution in [2.24, 2.45) is 0 Å². The van der Waals surface area contributed by atoms with Crippen LogP contribution in [0.4, 0.5) is 10.5 Å². The van der Waals surface area contributed by atoms with Crippen LogP contribution in [-0.4, -0.2) is 46.1 Å². The number of hydrogen-bond acceptors (Lipinski definition) is 7. The summed E-state index contributed by atoms with van der Waals surface area (Å²) < 4.78 is 12.2. The molecule has 0 spiro atoms. The van der Waals surface area contributed by atoms with E-state index in [2.05, 4.69) is 5.32 Å². The van der Waals surface area contributed by atoms with E-state index in [0.717, 1.165) is 27.6 Å². The van der Waals surface area contributed by atoms with Crippen LogP contribution in [0.25, 0.3) is 17.0 Å². The van der Waals surface area contributed by atoms with Crippen molar-refractivity contribution in [2.45, 2.75) is 6.54 Å². The van der Waals surface area contributed by atoms with Crippen LogP contribution in [0.1, 0.15) is 21.9 Å². The third-order valence-electron chi connectivity index (χ3n) is 5.76. The number of para-hydroxylation sites is 1. The van der Waals surface area contributed by atoms with E-state index in [1.165, 1.54) is 7.11 Å². The maximum Gasteiger partial charge on any atom is 0.373 e. The quantitative estimate of drug-likeness (QED) is 0.243. The van der Waals surface area contributed by atoms with Crippen molar-refractivity contribution in [2.75, 3.05) is 19.0 Å². The number of anilines is 1. The van der Waals surface area contributed by atoms with Crippen LogP contribution in [-0.2, 0) is 20.9 Å². The van der Waals surface area contributed by atoms with Gasteiger partial charge >= 0.3 is 5.97 Å². The van der Waals surface area contributed by atoms with Crippen molar-refractivity contribution in [3.05, 3.63) is 93.9 Å². The lowest BCUT2D eigenvalue weighted by molar-refractivity contribution is -0.127. The molecule has 1 aliphatic rings. The number of esters is 1. The van der Waals surface area contributed by atoms with Crippen molar-refractivity contribution >= 4 is 69.1 Å². The Balaban J connectivity index is 1.36. The van der Waals surface area contributed by atoms with E-state index < -0.39 is 29.6 Å². The first-order valence-electron chi connectivity index (χ1n) is 11.4. The molecule has 0 aliphatic carbocycles. The Hall–Kier alpha value is -4.28. The number of furan rings is 1. The van der Waals surface area contributed by atoms with E-state index in [0.29, 0.717) is 28.6 Å². The molecule has 0 radical (unpaired) electrons. The minimum absolute atomic E-state index is 0.104.